The third kappa shape index (κ3) is 8.05. The summed E-state index contributed by atoms with van der Waals surface area (Å²) in [7, 11) is 0. The molecule has 7 nitrogen and oxygen atoms in total. The zero-order valence-corrected chi connectivity index (χ0v) is 17.1. The number of ether oxygens (including phenoxy) is 1. The Kier molecular flexibility index (Phi) is 9.04. The van der Waals surface area contributed by atoms with Crippen molar-refractivity contribution in [1.29, 1.82) is 0 Å². The molecule has 0 aliphatic carbocycles. The first-order chi connectivity index (χ1) is 13.4. The number of nitrogens with zero attached hydrogens (tertiary/aromatic N) is 1. The number of benzene rings is 1. The number of hydrogen-bond acceptors (Lipinski definition) is 6. The number of carbonyl (C=O) groups excluding carboxylic acids is 2. The van der Waals surface area contributed by atoms with E-state index in [2.05, 4.69) is 24.1 Å². The van der Waals surface area contributed by atoms with Gasteiger partial charge in [-0.3, -0.25) is 9.59 Å². The molecule has 10 heteroatoms. The molecule has 1 aromatic rings. The number of carbonyl (C=O) groups is 2. The van der Waals surface area contributed by atoms with E-state index in [-0.39, 0.29) is 35.7 Å². The lowest BCUT2D eigenvalue weighted by molar-refractivity contribution is -0.123. The van der Waals surface area contributed by atoms with E-state index in [1.807, 2.05) is 5.06 Å². The van der Waals surface area contributed by atoms with E-state index in [1.54, 1.807) is 0 Å². The minimum Gasteiger partial charge on any atom is -0.484 e. The van der Waals surface area contributed by atoms with Gasteiger partial charge in [-0.2, -0.15) is 5.06 Å². The Labute approximate surface area is 172 Å². The molecule has 0 bridgehead atoms. The minimum atomic E-state index is -0.619. The first-order valence-corrected chi connectivity index (χ1v) is 10.0. The zero-order valence-electron chi connectivity index (χ0n) is 15.5. The third-order valence-corrected chi connectivity index (χ3v) is 4.73. The number of amides is 2. The highest BCUT2D eigenvalue weighted by Crippen LogP contribution is 2.21. The van der Waals surface area contributed by atoms with Gasteiger partial charge < -0.3 is 15.4 Å². The van der Waals surface area contributed by atoms with Crippen LogP contribution in [0.5, 0.6) is 5.75 Å². The van der Waals surface area contributed by atoms with Crippen molar-refractivity contribution >= 4 is 35.5 Å². The highest BCUT2D eigenvalue weighted by Gasteiger charge is 2.30. The molecule has 0 aromatic heterocycles. The van der Waals surface area contributed by atoms with Gasteiger partial charge in [0.1, 0.15) is 11.6 Å². The predicted molar refractivity (Wildman–Crippen MR) is 106 cm³/mol. The van der Waals surface area contributed by atoms with Crippen LogP contribution in [0.3, 0.4) is 0 Å². The van der Waals surface area contributed by atoms with Crippen LogP contribution in [-0.4, -0.2) is 54.9 Å². The topological polar surface area (TPSA) is 79.7 Å². The summed E-state index contributed by atoms with van der Waals surface area (Å²) in [5, 5.41) is 7.18. The fraction of sp³-hybridized carbons (Fsp3) is 0.444. The van der Waals surface area contributed by atoms with Gasteiger partial charge in [0.25, 0.3) is 5.91 Å². The van der Waals surface area contributed by atoms with E-state index in [0.717, 1.165) is 12.6 Å². The van der Waals surface area contributed by atoms with Crippen molar-refractivity contribution in [2.24, 2.45) is 0 Å². The molecule has 154 valence electrons. The van der Waals surface area contributed by atoms with Gasteiger partial charge in [-0.15, -0.1) is 0 Å². The van der Waals surface area contributed by atoms with E-state index in [1.165, 1.54) is 24.2 Å². The summed E-state index contributed by atoms with van der Waals surface area (Å²) in [5.74, 6) is -0.437. The Morgan fingerprint density at radius 2 is 2.14 bits per heavy atom. The van der Waals surface area contributed by atoms with Crippen LogP contribution in [0, 0.1) is 5.82 Å². The van der Waals surface area contributed by atoms with Crippen molar-refractivity contribution in [2.45, 2.75) is 19.4 Å². The summed E-state index contributed by atoms with van der Waals surface area (Å²) in [4.78, 5) is 23.6. The molecule has 0 spiro atoms. The average molecular weight is 432 g/mol. The van der Waals surface area contributed by atoms with Crippen LogP contribution in [0.1, 0.15) is 13.3 Å². The third-order valence-electron chi connectivity index (χ3n) is 3.75. The molecule has 0 radical (unpaired) electrons. The van der Waals surface area contributed by atoms with E-state index < -0.39 is 5.82 Å². The maximum Gasteiger partial charge on any atom is 0.257 e. The Balaban J connectivity index is 1.52. The quantitative estimate of drug-likeness (QED) is 0.229. The van der Waals surface area contributed by atoms with Crippen LogP contribution in [0.4, 0.5) is 4.39 Å². The highest BCUT2D eigenvalue weighted by atomic mass is 35.5. The van der Waals surface area contributed by atoms with Gasteiger partial charge in [-0.25, -0.2) is 8.67 Å². The van der Waals surface area contributed by atoms with Gasteiger partial charge in [0.2, 0.25) is 5.91 Å². The summed E-state index contributed by atoms with van der Waals surface area (Å²) in [6, 6.07) is 4.39. The monoisotopic (exact) mass is 431 g/mol. The molecular formula is C18H23ClFN3O4S. The SMILES string of the molecule is C=C(CCNC(=O)COc1ccc(Cl)c(F)c1)C(=O)NCCSON1CC1C. The maximum atomic E-state index is 13.3. The molecule has 0 saturated carbocycles. The van der Waals surface area contributed by atoms with Gasteiger partial charge in [-0.1, -0.05) is 18.2 Å². The Morgan fingerprint density at radius 1 is 1.39 bits per heavy atom. The smallest absolute Gasteiger partial charge is 0.257 e. The number of rotatable bonds is 12. The molecule has 2 unspecified atom stereocenters. The maximum absolute atomic E-state index is 13.3. The van der Waals surface area contributed by atoms with E-state index in [4.69, 9.17) is 20.6 Å². The van der Waals surface area contributed by atoms with Gasteiger partial charge in [0.05, 0.1) is 5.02 Å². The van der Waals surface area contributed by atoms with Crippen LogP contribution in [0.2, 0.25) is 5.02 Å². The molecule has 1 aromatic carbocycles. The second-order valence-corrected chi connectivity index (χ2v) is 7.37. The van der Waals surface area contributed by atoms with Crippen LogP contribution in [0.25, 0.3) is 0 Å². The Hall–Kier alpha value is -1.81. The lowest BCUT2D eigenvalue weighted by Crippen LogP contribution is -2.32. The molecule has 1 aliphatic heterocycles. The Bertz CT molecular complexity index is 722. The summed E-state index contributed by atoms with van der Waals surface area (Å²) < 4.78 is 23.8. The number of halogens is 2. The molecule has 1 fully saturated rings. The second kappa shape index (κ2) is 11.3. The average Bonchev–Trinajstić information content (AvgIpc) is 3.37. The van der Waals surface area contributed by atoms with Crippen molar-refractivity contribution in [2.75, 3.05) is 32.0 Å². The normalized spacial score (nSPS) is 17.7. The predicted octanol–water partition coefficient (Wildman–Crippen LogP) is 2.32. The zero-order chi connectivity index (χ0) is 20.5. The molecule has 2 rings (SSSR count). The first kappa shape index (κ1) is 22.5. The summed E-state index contributed by atoms with van der Waals surface area (Å²) in [6.07, 6.45) is 0.308. The number of hydrogen-bond donors (Lipinski definition) is 2. The summed E-state index contributed by atoms with van der Waals surface area (Å²) >= 11 is 6.86. The molecule has 1 aliphatic rings. The fourth-order valence-electron chi connectivity index (χ4n) is 1.99. The largest absolute Gasteiger partial charge is 0.484 e. The van der Waals surface area contributed by atoms with Gasteiger partial charge in [-0.05, 0) is 25.5 Å². The highest BCUT2D eigenvalue weighted by molar-refractivity contribution is 7.94. The van der Waals surface area contributed by atoms with Crippen molar-refractivity contribution < 1.29 is 23.0 Å². The number of nitrogens with one attached hydrogen (secondary N) is 2. The second-order valence-electron chi connectivity index (χ2n) is 6.17. The Morgan fingerprint density at radius 3 is 2.82 bits per heavy atom. The molecule has 2 atom stereocenters. The van der Waals surface area contributed by atoms with Crippen molar-refractivity contribution in [3.05, 3.63) is 41.2 Å². The van der Waals surface area contributed by atoms with E-state index >= 15 is 0 Å². The number of hydroxylamine groups is 2. The standard InChI is InChI=1S/C18H23ClFN3O4S/c1-12(18(25)22-7-8-28-27-23-10-13(23)2)5-6-21-17(24)11-26-14-3-4-15(19)16(20)9-14/h3-4,9,13H,1,5-8,10-11H2,2H3,(H,21,24)(H,22,25). The molecule has 1 saturated heterocycles. The molecule has 28 heavy (non-hydrogen) atoms. The van der Waals surface area contributed by atoms with Crippen LogP contribution in [-0.2, 0) is 13.9 Å². The molecule has 1 heterocycles. The van der Waals surface area contributed by atoms with Gasteiger partial charge >= 0.3 is 0 Å². The molecule has 2 amide bonds. The fourth-order valence-corrected chi connectivity index (χ4v) is 2.71. The van der Waals surface area contributed by atoms with Crippen LogP contribution in [0.15, 0.2) is 30.4 Å². The van der Waals surface area contributed by atoms with Crippen molar-refractivity contribution in [3.63, 3.8) is 0 Å². The summed E-state index contributed by atoms with van der Waals surface area (Å²) in [6.45, 7) is 7.15. The first-order valence-electron chi connectivity index (χ1n) is 8.73. The minimum absolute atomic E-state index is 0.0185. The van der Waals surface area contributed by atoms with E-state index in [0.29, 0.717) is 30.3 Å². The van der Waals surface area contributed by atoms with Crippen LogP contribution >= 0.6 is 23.6 Å². The van der Waals surface area contributed by atoms with Gasteiger partial charge in [0.15, 0.2) is 6.61 Å². The molecular weight excluding hydrogens is 409 g/mol. The van der Waals surface area contributed by atoms with Gasteiger partial charge in [0, 0.05) is 55.1 Å². The van der Waals surface area contributed by atoms with Crippen molar-refractivity contribution in [3.8, 4) is 5.75 Å². The van der Waals surface area contributed by atoms with E-state index in [9.17, 15) is 14.0 Å². The lowest BCUT2D eigenvalue weighted by Gasteiger charge is -2.10. The lowest BCUT2D eigenvalue weighted by atomic mass is 10.2. The van der Waals surface area contributed by atoms with Crippen molar-refractivity contribution in [1.82, 2.24) is 15.7 Å². The molecule has 2 N–H and O–H groups in total. The summed E-state index contributed by atoms with van der Waals surface area (Å²) in [5.41, 5.74) is 0.367. The van der Waals surface area contributed by atoms with Crippen LogP contribution < -0.4 is 15.4 Å².